The van der Waals surface area contributed by atoms with Crippen molar-refractivity contribution in [2.24, 2.45) is 0 Å². The predicted molar refractivity (Wildman–Crippen MR) is 141 cm³/mol. The molecule has 7 rings (SSSR count). The van der Waals surface area contributed by atoms with Crippen LogP contribution in [0.5, 0.6) is 5.75 Å². The summed E-state index contributed by atoms with van der Waals surface area (Å²) in [5.41, 5.74) is 4.46. The third-order valence-corrected chi connectivity index (χ3v) is 7.13. The quantitative estimate of drug-likeness (QED) is 0.345. The first kappa shape index (κ1) is 20.7. The monoisotopic (exact) mass is 490 g/mol. The number of benzene rings is 3. The van der Waals surface area contributed by atoms with E-state index in [0.717, 1.165) is 27.7 Å². The van der Waals surface area contributed by atoms with E-state index in [9.17, 15) is 4.79 Å². The highest BCUT2D eigenvalue weighted by atomic mass is 32.1. The smallest absolute Gasteiger partial charge is 0.274 e. The van der Waals surface area contributed by atoms with Crippen LogP contribution in [-0.2, 0) is 0 Å². The van der Waals surface area contributed by atoms with Crippen molar-refractivity contribution < 1.29 is 9.15 Å². The van der Waals surface area contributed by atoms with Crippen LogP contribution in [0.15, 0.2) is 94.3 Å². The average Bonchev–Trinajstić information content (AvgIpc) is 3.67. The lowest BCUT2D eigenvalue weighted by Gasteiger charge is -1.99. The molecule has 8 heteroatoms. The van der Waals surface area contributed by atoms with Crippen LogP contribution >= 0.6 is 11.3 Å². The van der Waals surface area contributed by atoms with Crippen LogP contribution < -0.4 is 14.8 Å². The van der Waals surface area contributed by atoms with E-state index in [1.807, 2.05) is 91.1 Å². The summed E-state index contributed by atoms with van der Waals surface area (Å²) in [5.74, 6) is 1.25. The van der Waals surface area contributed by atoms with Gasteiger partial charge in [0.25, 0.3) is 5.56 Å². The second-order valence-corrected chi connectivity index (χ2v) is 9.35. The summed E-state index contributed by atoms with van der Waals surface area (Å²) in [4.78, 5) is 18.7. The molecule has 0 N–H and O–H groups in total. The van der Waals surface area contributed by atoms with Crippen LogP contribution in [0.3, 0.4) is 0 Å². The highest BCUT2D eigenvalue weighted by Gasteiger charge is 2.18. The first-order valence-corrected chi connectivity index (χ1v) is 12.1. The zero-order valence-electron chi connectivity index (χ0n) is 19.1. The van der Waals surface area contributed by atoms with Gasteiger partial charge in [-0.1, -0.05) is 53.8 Å². The molecule has 0 bridgehead atoms. The van der Waals surface area contributed by atoms with Crippen LogP contribution in [0.2, 0.25) is 0 Å². The van der Waals surface area contributed by atoms with Gasteiger partial charge < -0.3 is 9.15 Å². The van der Waals surface area contributed by atoms with Crippen LogP contribution in [0, 0.1) is 0 Å². The zero-order chi connectivity index (χ0) is 24.2. The van der Waals surface area contributed by atoms with Gasteiger partial charge in [-0.05, 0) is 42.5 Å². The molecule has 0 saturated heterocycles. The molecule has 0 aliphatic heterocycles. The standard InChI is InChI=1S/C28H18N4O3S/c1-34-22-13-7-8-17-14-23(35-26(17)22)25-18(16-31(30-25)19-9-3-2-4-10-19)15-24-27(33)32-21-12-6-5-11-20(21)29-28(32)36-24/h2-16H,1H3. The lowest BCUT2D eigenvalue weighted by molar-refractivity contribution is 0.411. The summed E-state index contributed by atoms with van der Waals surface area (Å²) in [6.07, 6.45) is 3.78. The van der Waals surface area contributed by atoms with E-state index < -0.39 is 0 Å². The molecule has 0 aliphatic carbocycles. The first-order valence-electron chi connectivity index (χ1n) is 11.3. The fourth-order valence-corrected chi connectivity index (χ4v) is 5.44. The van der Waals surface area contributed by atoms with Gasteiger partial charge in [-0.25, -0.2) is 14.1 Å². The lowest BCUT2D eigenvalue weighted by Crippen LogP contribution is -2.22. The first-order chi connectivity index (χ1) is 17.7. The highest BCUT2D eigenvalue weighted by molar-refractivity contribution is 7.15. The van der Waals surface area contributed by atoms with E-state index in [1.54, 1.807) is 16.2 Å². The summed E-state index contributed by atoms with van der Waals surface area (Å²) in [6.45, 7) is 0. The minimum atomic E-state index is -0.103. The van der Waals surface area contributed by atoms with Crippen molar-refractivity contribution in [1.29, 1.82) is 0 Å². The molecular weight excluding hydrogens is 472 g/mol. The maximum absolute atomic E-state index is 13.4. The fourth-order valence-electron chi connectivity index (χ4n) is 4.46. The van der Waals surface area contributed by atoms with E-state index in [-0.39, 0.29) is 5.56 Å². The number of hydrogen-bond acceptors (Lipinski definition) is 6. The third-order valence-electron chi connectivity index (χ3n) is 6.16. The second kappa shape index (κ2) is 7.93. The summed E-state index contributed by atoms with van der Waals surface area (Å²) in [6, 6.07) is 25.2. The van der Waals surface area contributed by atoms with Crippen LogP contribution in [0.1, 0.15) is 5.56 Å². The Kier molecular flexibility index (Phi) is 4.55. The van der Waals surface area contributed by atoms with Gasteiger partial charge in [-0.15, -0.1) is 0 Å². The molecule has 7 aromatic rings. The Morgan fingerprint density at radius 1 is 1.00 bits per heavy atom. The number of methoxy groups -OCH3 is 1. The maximum Gasteiger partial charge on any atom is 0.274 e. The van der Waals surface area contributed by atoms with E-state index >= 15 is 0 Å². The predicted octanol–water partition coefficient (Wildman–Crippen LogP) is 5.06. The van der Waals surface area contributed by atoms with Crippen LogP contribution in [-0.4, -0.2) is 26.3 Å². The van der Waals surface area contributed by atoms with Gasteiger partial charge in [-0.3, -0.25) is 4.79 Å². The summed E-state index contributed by atoms with van der Waals surface area (Å²) >= 11 is 1.36. The van der Waals surface area contributed by atoms with Crippen molar-refractivity contribution in [1.82, 2.24) is 19.2 Å². The zero-order valence-corrected chi connectivity index (χ0v) is 19.9. The van der Waals surface area contributed by atoms with E-state index in [0.29, 0.717) is 32.3 Å². The van der Waals surface area contributed by atoms with E-state index in [4.69, 9.17) is 14.3 Å². The largest absolute Gasteiger partial charge is 0.493 e. The molecule has 0 unspecified atom stereocenters. The summed E-state index contributed by atoms with van der Waals surface area (Å²) < 4.78 is 15.7. The fraction of sp³-hybridized carbons (Fsp3) is 0.0357. The molecule has 36 heavy (non-hydrogen) atoms. The molecule has 0 aliphatic rings. The van der Waals surface area contributed by atoms with Gasteiger partial charge in [0.2, 0.25) is 0 Å². The number of thiazole rings is 1. The maximum atomic E-state index is 13.4. The molecular formula is C28H18N4O3S. The summed E-state index contributed by atoms with van der Waals surface area (Å²) in [5, 5.41) is 5.76. The number of nitrogens with zero attached hydrogens (tertiary/aromatic N) is 4. The molecule has 3 aromatic carbocycles. The van der Waals surface area contributed by atoms with Gasteiger partial charge in [0.15, 0.2) is 22.1 Å². The highest BCUT2D eigenvalue weighted by Crippen LogP contribution is 2.34. The third kappa shape index (κ3) is 3.15. The molecule has 4 aromatic heterocycles. The number of imidazole rings is 1. The topological polar surface area (TPSA) is 74.6 Å². The Labute approximate surface area is 208 Å². The summed E-state index contributed by atoms with van der Waals surface area (Å²) in [7, 11) is 1.62. The number of rotatable bonds is 4. The van der Waals surface area contributed by atoms with Crippen molar-refractivity contribution in [2.75, 3.05) is 7.11 Å². The molecule has 174 valence electrons. The minimum Gasteiger partial charge on any atom is -0.493 e. The SMILES string of the molecule is COc1cccc2cc(-c3nn(-c4ccccc4)cc3C=c3sc4nc5ccccc5n4c3=O)oc12. The lowest BCUT2D eigenvalue weighted by atomic mass is 10.2. The van der Waals surface area contributed by atoms with Crippen molar-refractivity contribution in [2.45, 2.75) is 0 Å². The van der Waals surface area contributed by atoms with E-state index in [1.165, 1.54) is 11.3 Å². The second-order valence-electron chi connectivity index (χ2n) is 8.34. The number of aromatic nitrogens is 4. The molecule has 7 nitrogen and oxygen atoms in total. The molecule has 0 atom stereocenters. The van der Waals surface area contributed by atoms with Gasteiger partial charge in [0.1, 0.15) is 5.69 Å². The minimum absolute atomic E-state index is 0.103. The Balaban J connectivity index is 1.47. The molecule has 0 fully saturated rings. The normalized spacial score (nSPS) is 12.3. The van der Waals surface area contributed by atoms with Gasteiger partial charge in [0, 0.05) is 17.1 Å². The number of para-hydroxylation sites is 4. The molecule has 0 radical (unpaired) electrons. The van der Waals surface area contributed by atoms with Gasteiger partial charge in [0.05, 0.1) is 28.4 Å². The average molecular weight is 491 g/mol. The van der Waals surface area contributed by atoms with E-state index in [2.05, 4.69) is 4.98 Å². The van der Waals surface area contributed by atoms with Crippen molar-refractivity contribution >= 4 is 44.4 Å². The number of furan rings is 1. The Bertz CT molecular complexity index is 2010. The molecule has 0 saturated carbocycles. The Hall–Kier alpha value is -4.69. The van der Waals surface area contributed by atoms with Crippen LogP contribution in [0.25, 0.3) is 50.2 Å². The van der Waals surface area contributed by atoms with Gasteiger partial charge >= 0.3 is 0 Å². The Morgan fingerprint density at radius 3 is 2.69 bits per heavy atom. The Morgan fingerprint density at radius 2 is 1.83 bits per heavy atom. The number of fused-ring (bicyclic) bond motifs is 4. The molecule has 4 heterocycles. The number of ether oxygens (including phenoxy) is 1. The molecule has 0 spiro atoms. The van der Waals surface area contributed by atoms with Crippen LogP contribution in [0.4, 0.5) is 0 Å². The van der Waals surface area contributed by atoms with Crippen molar-refractivity contribution in [3.8, 4) is 22.9 Å². The molecule has 0 amide bonds. The van der Waals surface area contributed by atoms with Gasteiger partial charge in [-0.2, -0.15) is 5.10 Å². The van der Waals surface area contributed by atoms with Crippen molar-refractivity contribution in [3.63, 3.8) is 0 Å². The number of hydrogen-bond donors (Lipinski definition) is 0. The van der Waals surface area contributed by atoms with Crippen molar-refractivity contribution in [3.05, 3.63) is 106 Å².